The molecule has 3 aromatic rings. The Balaban J connectivity index is 1.71. The molecule has 134 valence electrons. The van der Waals surface area contributed by atoms with Gasteiger partial charge in [0.05, 0.1) is 17.3 Å². The van der Waals surface area contributed by atoms with Gasteiger partial charge in [-0.1, -0.05) is 25.0 Å². The zero-order valence-electron chi connectivity index (χ0n) is 14.7. The van der Waals surface area contributed by atoms with Gasteiger partial charge in [-0.05, 0) is 43.5 Å². The fraction of sp³-hybridized carbons (Fsp3) is 0.350. The van der Waals surface area contributed by atoms with Gasteiger partial charge in [-0.15, -0.1) is 0 Å². The SMILES string of the molecule is Cc1n[nH]c2ncc(C(=O)N3CCCCC[C@H]3c3cccc(F)c3)cc12. The van der Waals surface area contributed by atoms with E-state index in [2.05, 4.69) is 15.2 Å². The molecule has 1 atom stereocenters. The van der Waals surface area contributed by atoms with Gasteiger partial charge in [0.15, 0.2) is 5.65 Å². The molecule has 0 bridgehead atoms. The van der Waals surface area contributed by atoms with Crippen molar-refractivity contribution in [2.45, 2.75) is 38.6 Å². The first-order chi connectivity index (χ1) is 12.6. The molecule has 2 aromatic heterocycles. The van der Waals surface area contributed by atoms with Crippen LogP contribution in [0.15, 0.2) is 36.5 Å². The van der Waals surface area contributed by atoms with Gasteiger partial charge >= 0.3 is 0 Å². The first kappa shape index (κ1) is 16.7. The summed E-state index contributed by atoms with van der Waals surface area (Å²) in [6, 6.07) is 8.32. The van der Waals surface area contributed by atoms with E-state index in [0.29, 0.717) is 17.8 Å². The van der Waals surface area contributed by atoms with Gasteiger partial charge in [0.25, 0.3) is 5.91 Å². The van der Waals surface area contributed by atoms with Gasteiger partial charge in [0.1, 0.15) is 5.82 Å². The van der Waals surface area contributed by atoms with Crippen molar-refractivity contribution in [1.82, 2.24) is 20.1 Å². The number of carbonyl (C=O) groups excluding carboxylic acids is 1. The maximum absolute atomic E-state index is 13.7. The van der Waals surface area contributed by atoms with Crippen LogP contribution in [0.4, 0.5) is 4.39 Å². The zero-order chi connectivity index (χ0) is 18.1. The Kier molecular flexibility index (Phi) is 4.41. The number of fused-ring (bicyclic) bond motifs is 1. The van der Waals surface area contributed by atoms with Gasteiger partial charge in [-0.25, -0.2) is 9.37 Å². The standard InChI is InChI=1S/C20H21FN4O/c1-13-17-11-15(12-22-19(17)24-23-13)20(26)25-9-4-2-3-8-18(25)14-6-5-7-16(21)10-14/h5-7,10-12,18H,2-4,8-9H2,1H3,(H,22,23,24)/t18-/m0/s1. The number of hydrogen-bond donors (Lipinski definition) is 1. The molecule has 1 aliphatic heterocycles. The molecule has 5 nitrogen and oxygen atoms in total. The van der Waals surface area contributed by atoms with Crippen molar-refractivity contribution in [3.63, 3.8) is 0 Å². The van der Waals surface area contributed by atoms with Crippen LogP contribution in [-0.2, 0) is 0 Å². The van der Waals surface area contributed by atoms with Crippen molar-refractivity contribution in [3.05, 3.63) is 59.2 Å². The van der Waals surface area contributed by atoms with Gasteiger partial charge < -0.3 is 4.90 Å². The molecule has 1 fully saturated rings. The average molecular weight is 352 g/mol. The maximum Gasteiger partial charge on any atom is 0.255 e. The fourth-order valence-corrected chi connectivity index (χ4v) is 3.72. The van der Waals surface area contributed by atoms with Crippen molar-refractivity contribution in [2.24, 2.45) is 0 Å². The number of halogens is 1. The van der Waals surface area contributed by atoms with Crippen molar-refractivity contribution in [3.8, 4) is 0 Å². The number of amides is 1. The number of aromatic amines is 1. The quantitative estimate of drug-likeness (QED) is 0.753. The Morgan fingerprint density at radius 1 is 1.27 bits per heavy atom. The molecular weight excluding hydrogens is 331 g/mol. The Morgan fingerprint density at radius 3 is 3.00 bits per heavy atom. The highest BCUT2D eigenvalue weighted by molar-refractivity contribution is 5.97. The number of H-pyrrole nitrogens is 1. The third kappa shape index (κ3) is 3.07. The van der Waals surface area contributed by atoms with E-state index in [9.17, 15) is 9.18 Å². The third-order valence-electron chi connectivity index (χ3n) is 5.10. The summed E-state index contributed by atoms with van der Waals surface area (Å²) in [5.41, 5.74) is 2.90. The summed E-state index contributed by atoms with van der Waals surface area (Å²) in [6.07, 6.45) is 5.50. The molecule has 4 rings (SSSR count). The molecule has 0 unspecified atom stereocenters. The van der Waals surface area contributed by atoms with E-state index >= 15 is 0 Å². The molecule has 6 heteroatoms. The molecule has 1 amide bonds. The number of benzene rings is 1. The summed E-state index contributed by atoms with van der Waals surface area (Å²) < 4.78 is 13.7. The highest BCUT2D eigenvalue weighted by atomic mass is 19.1. The van der Waals surface area contributed by atoms with Crippen LogP contribution < -0.4 is 0 Å². The molecule has 0 aliphatic carbocycles. The van der Waals surface area contributed by atoms with E-state index in [1.165, 1.54) is 12.1 Å². The summed E-state index contributed by atoms with van der Waals surface area (Å²) in [5, 5.41) is 7.85. The van der Waals surface area contributed by atoms with Crippen LogP contribution in [-0.4, -0.2) is 32.5 Å². The number of carbonyl (C=O) groups is 1. The van der Waals surface area contributed by atoms with E-state index in [1.54, 1.807) is 12.3 Å². The second-order valence-corrected chi connectivity index (χ2v) is 6.85. The predicted octanol–water partition coefficient (Wildman–Crippen LogP) is 4.16. The second kappa shape index (κ2) is 6.86. The summed E-state index contributed by atoms with van der Waals surface area (Å²) in [4.78, 5) is 19.5. The van der Waals surface area contributed by atoms with Crippen LogP contribution in [0.25, 0.3) is 11.0 Å². The van der Waals surface area contributed by atoms with Gasteiger partial charge in [-0.3, -0.25) is 9.89 Å². The van der Waals surface area contributed by atoms with Crippen LogP contribution >= 0.6 is 0 Å². The van der Waals surface area contributed by atoms with Crippen LogP contribution in [0, 0.1) is 12.7 Å². The summed E-state index contributed by atoms with van der Waals surface area (Å²) in [5.74, 6) is -0.326. The molecule has 1 aromatic carbocycles. The second-order valence-electron chi connectivity index (χ2n) is 6.85. The first-order valence-corrected chi connectivity index (χ1v) is 9.00. The van der Waals surface area contributed by atoms with Crippen LogP contribution in [0.3, 0.4) is 0 Å². The molecule has 0 spiro atoms. The number of pyridine rings is 1. The third-order valence-corrected chi connectivity index (χ3v) is 5.10. The van der Waals surface area contributed by atoms with E-state index in [1.807, 2.05) is 24.0 Å². The molecule has 1 saturated heterocycles. The minimum Gasteiger partial charge on any atom is -0.332 e. The van der Waals surface area contributed by atoms with E-state index in [0.717, 1.165) is 42.3 Å². The summed E-state index contributed by atoms with van der Waals surface area (Å²) in [6.45, 7) is 2.55. The predicted molar refractivity (Wildman–Crippen MR) is 97.3 cm³/mol. The van der Waals surface area contributed by atoms with Gasteiger partial charge in [0.2, 0.25) is 0 Å². The molecule has 1 N–H and O–H groups in total. The monoisotopic (exact) mass is 352 g/mol. The van der Waals surface area contributed by atoms with Crippen molar-refractivity contribution in [2.75, 3.05) is 6.54 Å². The lowest BCUT2D eigenvalue weighted by molar-refractivity contribution is 0.0680. The van der Waals surface area contributed by atoms with Crippen LogP contribution in [0.5, 0.6) is 0 Å². The number of hydrogen-bond acceptors (Lipinski definition) is 3. The fourth-order valence-electron chi connectivity index (χ4n) is 3.72. The lowest BCUT2D eigenvalue weighted by atomic mass is 10.00. The molecule has 0 saturated carbocycles. The van der Waals surface area contributed by atoms with Crippen molar-refractivity contribution >= 4 is 16.9 Å². The van der Waals surface area contributed by atoms with Crippen molar-refractivity contribution in [1.29, 1.82) is 0 Å². The number of aryl methyl sites for hydroxylation is 1. The van der Waals surface area contributed by atoms with Gasteiger partial charge in [-0.2, -0.15) is 5.10 Å². The molecule has 3 heterocycles. The highest BCUT2D eigenvalue weighted by Crippen LogP contribution is 2.32. The van der Waals surface area contributed by atoms with E-state index < -0.39 is 0 Å². The molecule has 1 aliphatic rings. The van der Waals surface area contributed by atoms with Gasteiger partial charge in [0, 0.05) is 18.1 Å². The summed E-state index contributed by atoms with van der Waals surface area (Å²) in [7, 11) is 0. The highest BCUT2D eigenvalue weighted by Gasteiger charge is 2.28. The smallest absolute Gasteiger partial charge is 0.255 e. The molecular formula is C20H21FN4O. The number of aromatic nitrogens is 3. The molecule has 0 radical (unpaired) electrons. The Hall–Kier alpha value is -2.76. The Bertz CT molecular complexity index is 952. The first-order valence-electron chi connectivity index (χ1n) is 9.00. The topological polar surface area (TPSA) is 61.9 Å². The van der Waals surface area contributed by atoms with E-state index in [-0.39, 0.29) is 17.8 Å². The number of nitrogens with one attached hydrogen (secondary N) is 1. The minimum atomic E-state index is -0.267. The normalized spacial score (nSPS) is 18.1. The Labute approximate surface area is 151 Å². The molecule has 26 heavy (non-hydrogen) atoms. The van der Waals surface area contributed by atoms with Crippen LogP contribution in [0.1, 0.15) is 53.3 Å². The lowest BCUT2D eigenvalue weighted by Crippen LogP contribution is -2.35. The summed E-state index contributed by atoms with van der Waals surface area (Å²) >= 11 is 0. The Morgan fingerprint density at radius 2 is 2.15 bits per heavy atom. The lowest BCUT2D eigenvalue weighted by Gasteiger charge is -2.30. The minimum absolute atomic E-state index is 0.0591. The number of likely N-dealkylation sites (tertiary alicyclic amines) is 1. The number of nitrogens with zero attached hydrogens (tertiary/aromatic N) is 3. The zero-order valence-corrected chi connectivity index (χ0v) is 14.7. The van der Waals surface area contributed by atoms with Crippen LogP contribution in [0.2, 0.25) is 0 Å². The van der Waals surface area contributed by atoms with E-state index in [4.69, 9.17) is 0 Å². The largest absolute Gasteiger partial charge is 0.332 e. The maximum atomic E-state index is 13.7. The number of rotatable bonds is 2. The van der Waals surface area contributed by atoms with Crippen molar-refractivity contribution < 1.29 is 9.18 Å². The average Bonchev–Trinajstić information content (AvgIpc) is 2.87.